The zero-order valence-electron chi connectivity index (χ0n) is 25.6. The van der Waals surface area contributed by atoms with E-state index in [9.17, 15) is 9.90 Å². The van der Waals surface area contributed by atoms with Crippen LogP contribution in [-0.4, -0.2) is 24.5 Å². The molecule has 1 atom stereocenters. The smallest absolute Gasteiger partial charge is 0.332 e. The first-order valence-corrected chi connectivity index (χ1v) is 17.7. The lowest BCUT2D eigenvalue weighted by atomic mass is 9.93. The number of aliphatic hydroxyl groups excluding tert-OH is 1. The predicted octanol–water partition coefficient (Wildman–Crippen LogP) is 9.66. The molecule has 0 radical (unpaired) electrons. The van der Waals surface area contributed by atoms with Gasteiger partial charge in [0.2, 0.25) is 0 Å². The number of rotatable bonds is 10. The van der Waals surface area contributed by atoms with Crippen molar-refractivity contribution in [3.8, 4) is 0 Å². The molecule has 6 heteroatoms. The average Bonchev–Trinajstić information content (AvgIpc) is 3.33. The van der Waals surface area contributed by atoms with Gasteiger partial charge in [-0.3, -0.25) is 0 Å². The zero-order chi connectivity index (χ0) is 30.8. The van der Waals surface area contributed by atoms with E-state index in [1.807, 2.05) is 6.07 Å². The van der Waals surface area contributed by atoms with Gasteiger partial charge in [0.1, 0.15) is 16.9 Å². The lowest BCUT2D eigenvalue weighted by molar-refractivity contribution is -0.131. The molecule has 5 aromatic rings. The maximum absolute atomic E-state index is 11.1. The summed E-state index contributed by atoms with van der Waals surface area (Å²) >= 11 is 0. The number of benzene rings is 4. The first kappa shape index (κ1) is 30.3. The number of aliphatic hydroxyl groups is 1. The average molecular weight is 593 g/mol. The summed E-state index contributed by atoms with van der Waals surface area (Å²) < 4.78 is 13.3. The molecular formula is C37H40O5Si. The quantitative estimate of drug-likeness (QED) is 0.0959. The van der Waals surface area contributed by atoms with Crippen molar-refractivity contribution in [3.05, 3.63) is 125 Å². The third-order valence-corrected chi connectivity index (χ3v) is 13.2. The molecule has 0 aliphatic carbocycles. The van der Waals surface area contributed by atoms with E-state index >= 15 is 0 Å². The molecule has 1 aromatic heterocycles. The highest BCUT2D eigenvalue weighted by Crippen LogP contribution is 2.42. The van der Waals surface area contributed by atoms with E-state index in [1.54, 1.807) is 18.2 Å². The summed E-state index contributed by atoms with van der Waals surface area (Å²) in [6.45, 7) is 11.4. The maximum atomic E-state index is 11.1. The second-order valence-electron chi connectivity index (χ2n) is 12.8. The number of hydrogen-bond acceptors (Lipinski definition) is 4. The second-order valence-corrected chi connectivity index (χ2v) is 17.5. The largest absolute Gasteiger partial charge is 0.507 e. The van der Waals surface area contributed by atoms with Crippen molar-refractivity contribution < 1.29 is 23.9 Å². The van der Waals surface area contributed by atoms with Crippen molar-refractivity contribution in [1.82, 2.24) is 0 Å². The topological polar surface area (TPSA) is 79.9 Å². The standard InChI is InChI=1S/C37H40O5Si/c1-37(2,3)43(4,5)42-35(23-27-14-10-9-13-26(27)16-15-25-11-7-6-8-12-25)29-18-20-34-31(22-29)30-21-28(17-19-33(30)41-34)32(38)24-36(39)40/h6-14,17-22,24,35,38H,15-16,23H2,1-5H3,(H,39,40)/b32-24-. The van der Waals surface area contributed by atoms with Crippen molar-refractivity contribution >= 4 is 42.0 Å². The fourth-order valence-corrected chi connectivity index (χ4v) is 6.52. The van der Waals surface area contributed by atoms with Gasteiger partial charge in [-0.25, -0.2) is 4.79 Å². The van der Waals surface area contributed by atoms with E-state index in [1.165, 1.54) is 16.7 Å². The summed E-state index contributed by atoms with van der Waals surface area (Å²) in [6.07, 6.45) is 3.30. The van der Waals surface area contributed by atoms with Crippen molar-refractivity contribution in [3.63, 3.8) is 0 Å². The third-order valence-electron chi connectivity index (χ3n) is 8.71. The van der Waals surface area contributed by atoms with Crippen LogP contribution in [0.4, 0.5) is 0 Å². The Labute approximate surface area is 254 Å². The minimum Gasteiger partial charge on any atom is -0.507 e. The van der Waals surface area contributed by atoms with Gasteiger partial charge in [0.05, 0.1) is 12.2 Å². The summed E-state index contributed by atoms with van der Waals surface area (Å²) in [6, 6.07) is 30.7. The Hall–Kier alpha value is -4.13. The highest BCUT2D eigenvalue weighted by Gasteiger charge is 2.39. The Morgan fingerprint density at radius 3 is 2.14 bits per heavy atom. The van der Waals surface area contributed by atoms with Crippen LogP contribution in [-0.2, 0) is 28.5 Å². The number of carbonyl (C=O) groups is 1. The van der Waals surface area contributed by atoms with Crippen LogP contribution in [0.1, 0.15) is 54.7 Å². The summed E-state index contributed by atoms with van der Waals surface area (Å²) in [4.78, 5) is 11.1. The minimum absolute atomic E-state index is 0.0351. The number of carboxylic acids is 1. The van der Waals surface area contributed by atoms with E-state index in [-0.39, 0.29) is 16.9 Å². The van der Waals surface area contributed by atoms with Gasteiger partial charge < -0.3 is 19.1 Å². The Balaban J connectivity index is 1.55. The molecule has 0 bridgehead atoms. The first-order chi connectivity index (χ1) is 20.4. The molecule has 0 fully saturated rings. The fraction of sp³-hybridized carbons (Fsp3) is 0.270. The summed E-state index contributed by atoms with van der Waals surface area (Å²) in [5.74, 6) is -1.50. The summed E-state index contributed by atoms with van der Waals surface area (Å²) in [5.41, 5.74) is 6.82. The van der Waals surface area contributed by atoms with Gasteiger partial charge in [-0.15, -0.1) is 0 Å². The lowest BCUT2D eigenvalue weighted by Crippen LogP contribution is -2.42. The summed E-state index contributed by atoms with van der Waals surface area (Å²) in [5, 5.41) is 21.2. The van der Waals surface area contributed by atoms with Gasteiger partial charge in [0, 0.05) is 22.8 Å². The van der Waals surface area contributed by atoms with Crippen molar-refractivity contribution in [2.45, 2.75) is 64.3 Å². The molecule has 0 aliphatic heterocycles. The van der Waals surface area contributed by atoms with Gasteiger partial charge >= 0.3 is 5.97 Å². The Morgan fingerprint density at radius 2 is 1.47 bits per heavy atom. The lowest BCUT2D eigenvalue weighted by Gasteiger charge is -2.39. The Bertz CT molecular complexity index is 1780. The van der Waals surface area contributed by atoms with E-state index in [0.29, 0.717) is 11.1 Å². The Kier molecular flexibility index (Phi) is 8.63. The number of hydrogen-bond donors (Lipinski definition) is 2. The van der Waals surface area contributed by atoms with Crippen LogP contribution >= 0.6 is 0 Å². The number of aryl methyl sites for hydroxylation is 2. The third kappa shape index (κ3) is 6.93. The predicted molar refractivity (Wildman–Crippen MR) is 177 cm³/mol. The van der Waals surface area contributed by atoms with E-state index in [2.05, 4.69) is 101 Å². The molecule has 0 saturated heterocycles. The van der Waals surface area contributed by atoms with Gasteiger partial charge in [-0.2, -0.15) is 0 Å². The number of fused-ring (bicyclic) bond motifs is 3. The van der Waals surface area contributed by atoms with Gasteiger partial charge in [0.15, 0.2) is 8.32 Å². The summed E-state index contributed by atoms with van der Waals surface area (Å²) in [7, 11) is -2.16. The van der Waals surface area contributed by atoms with Crippen LogP contribution in [0.3, 0.4) is 0 Å². The molecule has 5 rings (SSSR count). The molecule has 222 valence electrons. The maximum Gasteiger partial charge on any atom is 0.332 e. The zero-order valence-corrected chi connectivity index (χ0v) is 26.6. The van der Waals surface area contributed by atoms with Crippen LogP contribution in [0.15, 0.2) is 101 Å². The second kappa shape index (κ2) is 12.2. The van der Waals surface area contributed by atoms with Crippen molar-refractivity contribution in [1.29, 1.82) is 0 Å². The molecule has 0 aliphatic rings. The molecule has 1 heterocycles. The van der Waals surface area contributed by atoms with Crippen LogP contribution < -0.4 is 0 Å². The van der Waals surface area contributed by atoms with Crippen LogP contribution in [0.25, 0.3) is 27.7 Å². The van der Waals surface area contributed by atoms with Crippen molar-refractivity contribution in [2.75, 3.05) is 0 Å². The molecular weight excluding hydrogens is 552 g/mol. The molecule has 4 aromatic carbocycles. The molecule has 0 saturated carbocycles. The molecule has 43 heavy (non-hydrogen) atoms. The highest BCUT2D eigenvalue weighted by atomic mass is 28.4. The van der Waals surface area contributed by atoms with Crippen LogP contribution in [0.5, 0.6) is 0 Å². The van der Waals surface area contributed by atoms with Crippen LogP contribution in [0.2, 0.25) is 18.1 Å². The normalized spacial score (nSPS) is 13.5. The van der Waals surface area contributed by atoms with E-state index in [4.69, 9.17) is 13.9 Å². The molecule has 0 amide bonds. The number of aliphatic carboxylic acids is 1. The van der Waals surface area contributed by atoms with Gasteiger partial charge in [0.25, 0.3) is 0 Å². The number of furan rings is 1. The molecule has 0 spiro atoms. The van der Waals surface area contributed by atoms with Crippen LogP contribution in [0, 0.1) is 0 Å². The molecule has 1 unspecified atom stereocenters. The van der Waals surface area contributed by atoms with E-state index in [0.717, 1.165) is 47.3 Å². The van der Waals surface area contributed by atoms with Gasteiger partial charge in [-0.1, -0.05) is 81.4 Å². The molecule has 5 nitrogen and oxygen atoms in total. The fourth-order valence-electron chi connectivity index (χ4n) is 5.24. The number of carboxylic acid groups (broad SMARTS) is 1. The SMILES string of the molecule is CC(C)(C)[Si](C)(C)OC(Cc1ccccc1CCc1ccccc1)c1ccc2oc3ccc(/C(O)=C/C(=O)O)cc3c2c1. The highest BCUT2D eigenvalue weighted by molar-refractivity contribution is 6.74. The van der Waals surface area contributed by atoms with Crippen molar-refractivity contribution in [2.24, 2.45) is 0 Å². The Morgan fingerprint density at radius 1 is 0.837 bits per heavy atom. The monoisotopic (exact) mass is 592 g/mol. The minimum atomic E-state index is -2.16. The molecule has 2 N–H and O–H groups in total. The van der Waals surface area contributed by atoms with Gasteiger partial charge in [-0.05, 0) is 83.6 Å². The van der Waals surface area contributed by atoms with E-state index < -0.39 is 14.3 Å². The first-order valence-electron chi connectivity index (χ1n) is 14.8.